The minimum atomic E-state index is 0.239. The van der Waals surface area contributed by atoms with Crippen molar-refractivity contribution in [1.29, 1.82) is 0 Å². The molecule has 0 aliphatic carbocycles. The molecule has 1 aromatic carbocycles. The van der Waals surface area contributed by atoms with Crippen LogP contribution in [0.25, 0.3) is 0 Å². The summed E-state index contributed by atoms with van der Waals surface area (Å²) in [6.45, 7) is 7.49. The summed E-state index contributed by atoms with van der Waals surface area (Å²) < 4.78 is 10.7. The van der Waals surface area contributed by atoms with E-state index in [1.807, 2.05) is 12.1 Å². The van der Waals surface area contributed by atoms with Crippen molar-refractivity contribution in [2.45, 2.75) is 32.2 Å². The van der Waals surface area contributed by atoms with E-state index in [2.05, 4.69) is 34.6 Å². The van der Waals surface area contributed by atoms with E-state index in [1.165, 1.54) is 18.4 Å². The summed E-state index contributed by atoms with van der Waals surface area (Å²) >= 11 is 0. The van der Waals surface area contributed by atoms with Crippen LogP contribution in [0.5, 0.6) is 5.75 Å². The van der Waals surface area contributed by atoms with E-state index in [-0.39, 0.29) is 6.04 Å². The average Bonchev–Trinajstić information content (AvgIpc) is 3.20. The van der Waals surface area contributed by atoms with Gasteiger partial charge in [-0.3, -0.25) is 9.89 Å². The molecular formula is C20H34N4O2. The predicted molar refractivity (Wildman–Crippen MR) is 107 cm³/mol. The molecule has 6 heteroatoms. The molecule has 1 saturated heterocycles. The second-order valence-electron chi connectivity index (χ2n) is 6.49. The third-order valence-corrected chi connectivity index (χ3v) is 4.66. The van der Waals surface area contributed by atoms with Gasteiger partial charge in [0.25, 0.3) is 0 Å². The maximum absolute atomic E-state index is 5.61. The first kappa shape index (κ1) is 20.5. The van der Waals surface area contributed by atoms with Gasteiger partial charge in [0.15, 0.2) is 5.96 Å². The molecule has 0 saturated carbocycles. The molecule has 1 fully saturated rings. The van der Waals surface area contributed by atoms with Crippen LogP contribution in [0.3, 0.4) is 0 Å². The Morgan fingerprint density at radius 2 is 1.96 bits per heavy atom. The molecule has 26 heavy (non-hydrogen) atoms. The van der Waals surface area contributed by atoms with E-state index < -0.39 is 0 Å². The molecule has 1 aliphatic heterocycles. The Bertz CT molecular complexity index is 544. The quantitative estimate of drug-likeness (QED) is 0.380. The van der Waals surface area contributed by atoms with Crippen LogP contribution in [0.4, 0.5) is 0 Å². The Kier molecular flexibility index (Phi) is 9.28. The fraction of sp³-hybridized carbons (Fsp3) is 0.650. The van der Waals surface area contributed by atoms with Gasteiger partial charge in [0, 0.05) is 32.4 Å². The Labute approximate surface area is 158 Å². The fourth-order valence-corrected chi connectivity index (χ4v) is 3.35. The number of guanidine groups is 1. The van der Waals surface area contributed by atoms with Gasteiger partial charge in [-0.05, 0) is 45.3 Å². The molecule has 1 aromatic rings. The molecule has 2 rings (SSSR count). The predicted octanol–water partition coefficient (Wildman–Crippen LogP) is 2.42. The maximum Gasteiger partial charge on any atom is 0.191 e. The lowest BCUT2D eigenvalue weighted by Crippen LogP contribution is -2.39. The molecule has 0 amide bonds. The zero-order valence-electron chi connectivity index (χ0n) is 16.5. The zero-order chi connectivity index (χ0) is 18.6. The first-order valence-corrected chi connectivity index (χ1v) is 9.68. The number of likely N-dealkylation sites (tertiary alicyclic amines) is 1. The largest absolute Gasteiger partial charge is 0.496 e. The summed E-state index contributed by atoms with van der Waals surface area (Å²) in [5, 5.41) is 6.72. The van der Waals surface area contributed by atoms with Crippen LogP contribution in [0.2, 0.25) is 0 Å². The van der Waals surface area contributed by atoms with Crippen LogP contribution >= 0.6 is 0 Å². The highest BCUT2D eigenvalue weighted by Gasteiger charge is 2.25. The van der Waals surface area contributed by atoms with Crippen molar-refractivity contribution in [3.63, 3.8) is 0 Å². The summed E-state index contributed by atoms with van der Waals surface area (Å²) in [4.78, 5) is 7.39. The number of nitrogens with zero attached hydrogens (tertiary/aromatic N) is 2. The van der Waals surface area contributed by atoms with Crippen LogP contribution in [-0.2, 0) is 4.74 Å². The highest BCUT2D eigenvalue weighted by Crippen LogP contribution is 2.31. The van der Waals surface area contributed by atoms with Crippen LogP contribution in [-0.4, -0.2) is 64.4 Å². The number of para-hydroxylation sites is 1. The van der Waals surface area contributed by atoms with Gasteiger partial charge in [0.1, 0.15) is 5.75 Å². The number of hydrogen-bond acceptors (Lipinski definition) is 4. The monoisotopic (exact) mass is 362 g/mol. The van der Waals surface area contributed by atoms with E-state index in [0.29, 0.717) is 6.54 Å². The normalized spacial score (nSPS) is 16.5. The molecule has 1 aliphatic rings. The number of nitrogens with one attached hydrogen (secondary N) is 2. The molecule has 0 aromatic heterocycles. The van der Waals surface area contributed by atoms with Crippen molar-refractivity contribution < 1.29 is 9.47 Å². The Morgan fingerprint density at radius 3 is 2.65 bits per heavy atom. The van der Waals surface area contributed by atoms with Gasteiger partial charge in [0.05, 0.1) is 19.7 Å². The molecular weight excluding hydrogens is 328 g/mol. The first-order valence-electron chi connectivity index (χ1n) is 9.68. The maximum atomic E-state index is 5.61. The number of rotatable bonds is 10. The number of methoxy groups -OCH3 is 2. The third-order valence-electron chi connectivity index (χ3n) is 4.66. The van der Waals surface area contributed by atoms with Gasteiger partial charge in [-0.15, -0.1) is 0 Å². The van der Waals surface area contributed by atoms with Gasteiger partial charge < -0.3 is 20.1 Å². The fourth-order valence-electron chi connectivity index (χ4n) is 3.35. The SMILES string of the molecule is CCNC(=NCC(c1ccccc1OC)N1CCCC1)NCCCOC. The van der Waals surface area contributed by atoms with E-state index in [9.17, 15) is 0 Å². The molecule has 6 nitrogen and oxygen atoms in total. The van der Waals surface area contributed by atoms with E-state index in [0.717, 1.165) is 50.9 Å². The highest BCUT2D eigenvalue weighted by atomic mass is 16.5. The Hall–Kier alpha value is -1.79. The highest BCUT2D eigenvalue weighted by molar-refractivity contribution is 5.79. The summed E-state index contributed by atoms with van der Waals surface area (Å²) in [7, 11) is 3.47. The minimum absolute atomic E-state index is 0.239. The molecule has 0 radical (unpaired) electrons. The standard InChI is InChI=1S/C20H34N4O2/c1-4-21-20(22-12-9-15-25-2)23-16-18(24-13-7-8-14-24)17-10-5-6-11-19(17)26-3/h5-6,10-11,18H,4,7-9,12-16H2,1-3H3,(H2,21,22,23). The summed E-state index contributed by atoms with van der Waals surface area (Å²) in [5.74, 6) is 1.81. The van der Waals surface area contributed by atoms with E-state index in [4.69, 9.17) is 14.5 Å². The second-order valence-corrected chi connectivity index (χ2v) is 6.49. The number of benzene rings is 1. The topological polar surface area (TPSA) is 58.1 Å². The van der Waals surface area contributed by atoms with Crippen LogP contribution in [0, 0.1) is 0 Å². The van der Waals surface area contributed by atoms with Crippen LogP contribution in [0.15, 0.2) is 29.3 Å². The third kappa shape index (κ3) is 6.18. The molecule has 0 spiro atoms. The first-order chi connectivity index (χ1) is 12.8. The van der Waals surface area contributed by atoms with Gasteiger partial charge in [-0.2, -0.15) is 0 Å². The number of hydrogen-bond donors (Lipinski definition) is 2. The molecule has 1 unspecified atom stereocenters. The van der Waals surface area contributed by atoms with Crippen LogP contribution < -0.4 is 15.4 Å². The molecule has 0 bridgehead atoms. The molecule has 146 valence electrons. The van der Waals surface area contributed by atoms with Crippen LogP contribution in [0.1, 0.15) is 37.8 Å². The second kappa shape index (κ2) is 11.8. The molecule has 2 N–H and O–H groups in total. The smallest absolute Gasteiger partial charge is 0.191 e. The zero-order valence-corrected chi connectivity index (χ0v) is 16.5. The summed E-state index contributed by atoms with van der Waals surface area (Å²) in [6, 6.07) is 8.54. The Balaban J connectivity index is 2.11. The van der Waals surface area contributed by atoms with Gasteiger partial charge in [-0.1, -0.05) is 18.2 Å². The lowest BCUT2D eigenvalue weighted by atomic mass is 10.0. The summed E-state index contributed by atoms with van der Waals surface area (Å²) in [6.07, 6.45) is 3.47. The van der Waals surface area contributed by atoms with E-state index >= 15 is 0 Å². The van der Waals surface area contributed by atoms with Gasteiger partial charge >= 0.3 is 0 Å². The van der Waals surface area contributed by atoms with Crippen molar-refractivity contribution in [1.82, 2.24) is 15.5 Å². The van der Waals surface area contributed by atoms with E-state index in [1.54, 1.807) is 14.2 Å². The lowest BCUT2D eigenvalue weighted by Gasteiger charge is -2.28. The summed E-state index contributed by atoms with van der Waals surface area (Å²) in [5.41, 5.74) is 1.22. The van der Waals surface area contributed by atoms with Gasteiger partial charge in [0.2, 0.25) is 0 Å². The van der Waals surface area contributed by atoms with Crippen molar-refractivity contribution >= 4 is 5.96 Å². The van der Waals surface area contributed by atoms with Crippen molar-refractivity contribution in [3.8, 4) is 5.75 Å². The number of ether oxygens (including phenoxy) is 2. The van der Waals surface area contributed by atoms with Crippen molar-refractivity contribution in [3.05, 3.63) is 29.8 Å². The molecule has 1 heterocycles. The molecule has 1 atom stereocenters. The lowest BCUT2D eigenvalue weighted by molar-refractivity contribution is 0.195. The Morgan fingerprint density at radius 1 is 1.19 bits per heavy atom. The van der Waals surface area contributed by atoms with Crippen molar-refractivity contribution in [2.75, 3.05) is 53.6 Å². The van der Waals surface area contributed by atoms with Gasteiger partial charge in [-0.25, -0.2) is 0 Å². The number of aliphatic imine (C=N–C) groups is 1. The minimum Gasteiger partial charge on any atom is -0.496 e. The van der Waals surface area contributed by atoms with Crippen molar-refractivity contribution in [2.24, 2.45) is 4.99 Å². The average molecular weight is 363 g/mol.